The molecule has 0 unspecified atom stereocenters. The van der Waals surface area contributed by atoms with Crippen LogP contribution in [0.4, 0.5) is 0 Å². The van der Waals surface area contributed by atoms with Crippen LogP contribution in [-0.4, -0.2) is 39.1 Å². The molecule has 3 heterocycles. The maximum Gasteiger partial charge on any atom is 0.269 e. The molecule has 0 radical (unpaired) electrons. The number of rotatable bonds is 1. The Labute approximate surface area is 154 Å². The van der Waals surface area contributed by atoms with E-state index in [-0.39, 0.29) is 17.9 Å². The lowest BCUT2D eigenvalue weighted by Crippen LogP contribution is -2.43. The zero-order valence-electron chi connectivity index (χ0n) is 13.6. The van der Waals surface area contributed by atoms with Gasteiger partial charge in [0.25, 0.3) is 11.8 Å². The van der Waals surface area contributed by atoms with Crippen molar-refractivity contribution in [2.75, 3.05) is 6.54 Å². The summed E-state index contributed by atoms with van der Waals surface area (Å²) in [5.41, 5.74) is 2.79. The molecule has 0 aliphatic carbocycles. The minimum Gasteiger partial charge on any atom is -0.349 e. The Morgan fingerprint density at radius 1 is 1.32 bits per heavy atom. The molecule has 0 bridgehead atoms. The van der Waals surface area contributed by atoms with Crippen LogP contribution in [0.25, 0.3) is 0 Å². The number of amides is 2. The molecule has 8 heteroatoms. The normalized spacial score (nSPS) is 19.2. The third-order valence-electron chi connectivity index (χ3n) is 4.73. The van der Waals surface area contributed by atoms with Gasteiger partial charge in [-0.25, -0.2) is 0 Å². The summed E-state index contributed by atoms with van der Waals surface area (Å²) in [6.45, 7) is 3.58. The zero-order valence-corrected chi connectivity index (χ0v) is 15.1. The Balaban J connectivity index is 1.69. The highest BCUT2D eigenvalue weighted by atomic mass is 35.5. The molecule has 2 aliphatic heterocycles. The number of carbonyl (C=O) groups is 2. The zero-order chi connectivity index (χ0) is 17.7. The molecule has 4 rings (SSSR count). The third kappa shape index (κ3) is 2.69. The predicted molar refractivity (Wildman–Crippen MR) is 94.1 cm³/mol. The largest absolute Gasteiger partial charge is 0.349 e. The van der Waals surface area contributed by atoms with E-state index in [1.807, 2.05) is 6.92 Å². The summed E-state index contributed by atoms with van der Waals surface area (Å²) < 4.78 is 1.75. The monoisotopic (exact) mass is 378 g/mol. The van der Waals surface area contributed by atoms with Gasteiger partial charge in [-0.1, -0.05) is 23.2 Å². The highest BCUT2D eigenvalue weighted by Gasteiger charge is 2.35. The average molecular weight is 379 g/mol. The number of benzene rings is 1. The SMILES string of the molecule is C[C@@H]1Cc2nn3c(c2CN1C(=O)c1ccc(Cl)c(Cl)c1)C(=O)NCC3. The van der Waals surface area contributed by atoms with Crippen LogP contribution in [0.15, 0.2) is 18.2 Å². The first-order chi connectivity index (χ1) is 12.0. The quantitative estimate of drug-likeness (QED) is 0.828. The Hall–Kier alpha value is -2.05. The molecule has 2 aliphatic rings. The molecule has 2 amide bonds. The van der Waals surface area contributed by atoms with E-state index >= 15 is 0 Å². The fourth-order valence-corrected chi connectivity index (χ4v) is 3.74. The standard InChI is InChI=1S/C17H16Cl2N4O2/c1-9-6-14-11(15-16(24)20-4-5-23(15)21-14)8-22(9)17(25)10-2-3-12(18)13(19)7-10/h2-3,7,9H,4-6,8H2,1H3,(H,20,24)/t9-/m1/s1. The molecular formula is C17H16Cl2N4O2. The van der Waals surface area contributed by atoms with Gasteiger partial charge in [0.15, 0.2) is 0 Å². The van der Waals surface area contributed by atoms with Crippen LogP contribution < -0.4 is 5.32 Å². The molecule has 1 atom stereocenters. The van der Waals surface area contributed by atoms with E-state index in [1.165, 1.54) is 0 Å². The van der Waals surface area contributed by atoms with Crippen LogP contribution in [0.1, 0.15) is 39.0 Å². The molecule has 2 aromatic rings. The lowest BCUT2D eigenvalue weighted by molar-refractivity contribution is 0.0654. The number of carbonyl (C=O) groups excluding carboxylic acids is 2. The fourth-order valence-electron chi connectivity index (χ4n) is 3.44. The molecule has 25 heavy (non-hydrogen) atoms. The third-order valence-corrected chi connectivity index (χ3v) is 5.47. The van der Waals surface area contributed by atoms with Crippen molar-refractivity contribution in [1.29, 1.82) is 0 Å². The van der Waals surface area contributed by atoms with E-state index in [2.05, 4.69) is 10.4 Å². The number of hydrogen-bond donors (Lipinski definition) is 1. The molecule has 0 saturated carbocycles. The van der Waals surface area contributed by atoms with Crippen molar-refractivity contribution in [3.63, 3.8) is 0 Å². The summed E-state index contributed by atoms with van der Waals surface area (Å²) in [6.07, 6.45) is 0.621. The summed E-state index contributed by atoms with van der Waals surface area (Å²) in [7, 11) is 0. The highest BCUT2D eigenvalue weighted by Crippen LogP contribution is 2.29. The van der Waals surface area contributed by atoms with Crippen LogP contribution >= 0.6 is 23.2 Å². The van der Waals surface area contributed by atoms with E-state index in [0.717, 1.165) is 11.3 Å². The number of aromatic nitrogens is 2. The van der Waals surface area contributed by atoms with Crippen molar-refractivity contribution in [3.05, 3.63) is 50.8 Å². The predicted octanol–water partition coefficient (Wildman–Crippen LogP) is 2.52. The van der Waals surface area contributed by atoms with Gasteiger partial charge in [0.05, 0.1) is 28.8 Å². The van der Waals surface area contributed by atoms with Gasteiger partial charge in [0.2, 0.25) is 0 Å². The van der Waals surface area contributed by atoms with Gasteiger partial charge >= 0.3 is 0 Å². The number of halogens is 2. The van der Waals surface area contributed by atoms with Gasteiger partial charge in [-0.2, -0.15) is 5.10 Å². The first-order valence-electron chi connectivity index (χ1n) is 8.08. The molecule has 1 aromatic heterocycles. The molecule has 0 saturated heterocycles. The number of nitrogens with one attached hydrogen (secondary N) is 1. The molecular weight excluding hydrogens is 363 g/mol. The number of nitrogens with zero attached hydrogens (tertiary/aromatic N) is 3. The van der Waals surface area contributed by atoms with Gasteiger partial charge in [0, 0.05) is 30.1 Å². The van der Waals surface area contributed by atoms with E-state index in [0.29, 0.717) is 47.4 Å². The average Bonchev–Trinajstić information content (AvgIpc) is 2.94. The molecule has 0 spiro atoms. The van der Waals surface area contributed by atoms with Crippen LogP contribution in [0.5, 0.6) is 0 Å². The van der Waals surface area contributed by atoms with Gasteiger partial charge in [-0.15, -0.1) is 0 Å². The Kier molecular flexibility index (Phi) is 3.96. The number of fused-ring (bicyclic) bond motifs is 3. The van der Waals surface area contributed by atoms with E-state index in [4.69, 9.17) is 23.2 Å². The number of hydrogen-bond acceptors (Lipinski definition) is 3. The smallest absolute Gasteiger partial charge is 0.269 e. The topological polar surface area (TPSA) is 67.2 Å². The lowest BCUT2D eigenvalue weighted by Gasteiger charge is -2.33. The van der Waals surface area contributed by atoms with Gasteiger partial charge in [0.1, 0.15) is 5.69 Å². The second-order valence-corrected chi connectivity index (χ2v) is 7.18. The first kappa shape index (κ1) is 16.4. The molecule has 6 nitrogen and oxygen atoms in total. The van der Waals surface area contributed by atoms with E-state index in [1.54, 1.807) is 27.8 Å². The van der Waals surface area contributed by atoms with Gasteiger partial charge < -0.3 is 10.2 Å². The summed E-state index contributed by atoms with van der Waals surface area (Å²) in [6, 6.07) is 4.84. The lowest BCUT2D eigenvalue weighted by atomic mass is 9.98. The second kappa shape index (κ2) is 6.04. The molecule has 1 N–H and O–H groups in total. The van der Waals surface area contributed by atoms with Crippen molar-refractivity contribution >= 4 is 35.0 Å². The molecule has 130 valence electrons. The van der Waals surface area contributed by atoms with Crippen LogP contribution in [-0.2, 0) is 19.5 Å². The van der Waals surface area contributed by atoms with Crippen molar-refractivity contribution in [2.24, 2.45) is 0 Å². The van der Waals surface area contributed by atoms with Gasteiger partial charge in [-0.05, 0) is 25.1 Å². The van der Waals surface area contributed by atoms with E-state index in [9.17, 15) is 9.59 Å². The maximum absolute atomic E-state index is 13.0. The minimum absolute atomic E-state index is 0.0190. The molecule has 0 fully saturated rings. The first-order valence-corrected chi connectivity index (χ1v) is 8.84. The van der Waals surface area contributed by atoms with Gasteiger partial charge in [-0.3, -0.25) is 14.3 Å². The summed E-state index contributed by atoms with van der Waals surface area (Å²) in [5, 5.41) is 8.16. The Morgan fingerprint density at radius 2 is 2.12 bits per heavy atom. The van der Waals surface area contributed by atoms with Crippen LogP contribution in [0.2, 0.25) is 10.0 Å². The van der Waals surface area contributed by atoms with Crippen LogP contribution in [0.3, 0.4) is 0 Å². The van der Waals surface area contributed by atoms with Crippen LogP contribution in [0, 0.1) is 0 Å². The van der Waals surface area contributed by atoms with Crippen molar-refractivity contribution < 1.29 is 9.59 Å². The summed E-state index contributed by atoms with van der Waals surface area (Å²) in [4.78, 5) is 26.9. The minimum atomic E-state index is -0.132. The second-order valence-electron chi connectivity index (χ2n) is 6.37. The molecule has 1 aromatic carbocycles. The highest BCUT2D eigenvalue weighted by molar-refractivity contribution is 6.42. The van der Waals surface area contributed by atoms with Crippen molar-refractivity contribution in [1.82, 2.24) is 20.0 Å². The summed E-state index contributed by atoms with van der Waals surface area (Å²) >= 11 is 12.0. The Morgan fingerprint density at radius 3 is 2.88 bits per heavy atom. The Bertz CT molecular complexity index is 893. The van der Waals surface area contributed by atoms with Crippen molar-refractivity contribution in [2.45, 2.75) is 32.5 Å². The van der Waals surface area contributed by atoms with E-state index < -0.39 is 0 Å². The summed E-state index contributed by atoms with van der Waals surface area (Å²) in [5.74, 6) is -0.260. The van der Waals surface area contributed by atoms with Crippen molar-refractivity contribution in [3.8, 4) is 0 Å². The maximum atomic E-state index is 13.0. The fraction of sp³-hybridized carbons (Fsp3) is 0.353.